The van der Waals surface area contributed by atoms with Gasteiger partial charge in [-0.3, -0.25) is 9.88 Å². The van der Waals surface area contributed by atoms with Crippen molar-refractivity contribution in [2.75, 3.05) is 13.1 Å². The van der Waals surface area contributed by atoms with Gasteiger partial charge in [0.2, 0.25) is 0 Å². The quantitative estimate of drug-likeness (QED) is 0.898. The highest BCUT2D eigenvalue weighted by Crippen LogP contribution is 2.33. The summed E-state index contributed by atoms with van der Waals surface area (Å²) in [5, 5.41) is 10.5. The van der Waals surface area contributed by atoms with E-state index in [9.17, 15) is 9.50 Å². The monoisotopic (exact) mass is 252 g/mol. The van der Waals surface area contributed by atoms with Gasteiger partial charge in [0.1, 0.15) is 5.82 Å². The second-order valence-electron chi connectivity index (χ2n) is 5.50. The molecule has 1 aromatic heterocycles. The summed E-state index contributed by atoms with van der Waals surface area (Å²) < 4.78 is 13.7. The first-order chi connectivity index (χ1) is 8.53. The predicted octanol–water partition coefficient (Wildman–Crippen LogP) is 2.52. The van der Waals surface area contributed by atoms with E-state index in [1.807, 2.05) is 13.8 Å². The Hall–Kier alpha value is -1.00. The Morgan fingerprint density at radius 1 is 1.33 bits per heavy atom. The molecule has 0 spiro atoms. The van der Waals surface area contributed by atoms with E-state index >= 15 is 0 Å². The van der Waals surface area contributed by atoms with Gasteiger partial charge in [0, 0.05) is 17.3 Å². The molecular formula is C14H21FN2O. The van der Waals surface area contributed by atoms with E-state index < -0.39 is 17.5 Å². The number of aliphatic hydroxyl groups excluding tert-OH is 1. The van der Waals surface area contributed by atoms with Crippen LogP contribution in [0, 0.1) is 5.82 Å². The minimum absolute atomic E-state index is 0.334. The Morgan fingerprint density at radius 2 is 2.00 bits per heavy atom. The number of aliphatic hydroxyl groups is 1. The Kier molecular flexibility index (Phi) is 3.97. The summed E-state index contributed by atoms with van der Waals surface area (Å²) in [6, 6.07) is 1.56. The van der Waals surface area contributed by atoms with Crippen LogP contribution >= 0.6 is 0 Å². The first-order valence-corrected chi connectivity index (χ1v) is 6.56. The van der Waals surface area contributed by atoms with E-state index in [0.717, 1.165) is 32.1 Å². The number of hydrogen-bond donors (Lipinski definition) is 1. The van der Waals surface area contributed by atoms with E-state index in [1.54, 1.807) is 6.07 Å². The minimum Gasteiger partial charge on any atom is -0.386 e. The average molecular weight is 252 g/mol. The van der Waals surface area contributed by atoms with Gasteiger partial charge in [-0.05, 0) is 45.8 Å². The lowest BCUT2D eigenvalue weighted by Crippen LogP contribution is -2.50. The van der Waals surface area contributed by atoms with E-state index in [-0.39, 0.29) is 0 Å². The van der Waals surface area contributed by atoms with Gasteiger partial charge in [0.05, 0.1) is 12.3 Å². The van der Waals surface area contributed by atoms with Gasteiger partial charge in [-0.25, -0.2) is 4.39 Å². The highest BCUT2D eigenvalue weighted by atomic mass is 19.1. The van der Waals surface area contributed by atoms with Crippen LogP contribution in [-0.4, -0.2) is 33.6 Å². The number of rotatable bonds is 3. The van der Waals surface area contributed by atoms with Crippen LogP contribution in [0.5, 0.6) is 0 Å². The van der Waals surface area contributed by atoms with Crippen LogP contribution < -0.4 is 0 Å². The third kappa shape index (κ3) is 2.54. The fourth-order valence-corrected chi connectivity index (χ4v) is 2.63. The van der Waals surface area contributed by atoms with Crippen LogP contribution in [0.4, 0.5) is 4.39 Å². The Balaban J connectivity index is 2.20. The molecule has 1 N–H and O–H groups in total. The maximum Gasteiger partial charge on any atom is 0.147 e. The fourth-order valence-electron chi connectivity index (χ4n) is 2.63. The number of piperidine rings is 1. The van der Waals surface area contributed by atoms with Crippen LogP contribution in [0.1, 0.15) is 44.8 Å². The van der Waals surface area contributed by atoms with Crippen molar-refractivity contribution in [1.29, 1.82) is 0 Å². The molecule has 0 saturated carbocycles. The van der Waals surface area contributed by atoms with Crippen molar-refractivity contribution in [3.8, 4) is 0 Å². The summed E-state index contributed by atoms with van der Waals surface area (Å²) in [5.41, 5.74) is -0.122. The van der Waals surface area contributed by atoms with Crippen molar-refractivity contribution in [1.82, 2.24) is 9.88 Å². The first-order valence-electron chi connectivity index (χ1n) is 6.56. The standard InChI is InChI=1S/C14H21FN2O/c1-14(2,17-8-4-3-5-9-17)13(18)11-6-7-16-10-12(11)15/h6-7,10,13,18H,3-5,8-9H2,1-2H3. The lowest BCUT2D eigenvalue weighted by atomic mass is 9.88. The normalized spacial score (nSPS) is 19.8. The predicted molar refractivity (Wildman–Crippen MR) is 68.7 cm³/mol. The van der Waals surface area contributed by atoms with Gasteiger partial charge in [-0.1, -0.05) is 6.42 Å². The van der Waals surface area contributed by atoms with Crippen molar-refractivity contribution < 1.29 is 9.50 Å². The highest BCUT2D eigenvalue weighted by Gasteiger charge is 2.36. The molecule has 100 valence electrons. The van der Waals surface area contributed by atoms with E-state index in [4.69, 9.17) is 0 Å². The van der Waals surface area contributed by atoms with Crippen molar-refractivity contribution in [2.45, 2.75) is 44.8 Å². The van der Waals surface area contributed by atoms with Crippen LogP contribution in [0.2, 0.25) is 0 Å². The molecule has 1 aliphatic heterocycles. The molecule has 0 aliphatic carbocycles. The van der Waals surface area contributed by atoms with Crippen molar-refractivity contribution >= 4 is 0 Å². The molecule has 2 rings (SSSR count). The molecule has 1 atom stereocenters. The van der Waals surface area contributed by atoms with Crippen LogP contribution in [0.3, 0.4) is 0 Å². The molecule has 1 aliphatic rings. The summed E-state index contributed by atoms with van der Waals surface area (Å²) >= 11 is 0. The van der Waals surface area contributed by atoms with E-state index in [1.165, 1.54) is 12.6 Å². The summed E-state index contributed by atoms with van der Waals surface area (Å²) in [6.07, 6.45) is 5.38. The zero-order valence-corrected chi connectivity index (χ0v) is 11.1. The number of pyridine rings is 1. The maximum absolute atomic E-state index is 13.7. The largest absolute Gasteiger partial charge is 0.386 e. The molecule has 1 unspecified atom stereocenters. The molecule has 1 aromatic rings. The first kappa shape index (κ1) is 13.4. The number of hydrogen-bond acceptors (Lipinski definition) is 3. The Bertz CT molecular complexity index is 403. The lowest BCUT2D eigenvalue weighted by molar-refractivity contribution is -0.0225. The zero-order valence-electron chi connectivity index (χ0n) is 11.1. The topological polar surface area (TPSA) is 36.4 Å². The average Bonchev–Trinajstić information content (AvgIpc) is 2.39. The van der Waals surface area contributed by atoms with E-state index in [0.29, 0.717) is 5.56 Å². The summed E-state index contributed by atoms with van der Waals surface area (Å²) in [7, 11) is 0. The molecule has 1 fully saturated rings. The van der Waals surface area contributed by atoms with Crippen LogP contribution in [0.15, 0.2) is 18.5 Å². The number of halogens is 1. The smallest absolute Gasteiger partial charge is 0.147 e. The molecule has 18 heavy (non-hydrogen) atoms. The maximum atomic E-state index is 13.7. The molecule has 3 nitrogen and oxygen atoms in total. The van der Waals surface area contributed by atoms with Gasteiger partial charge in [0.15, 0.2) is 0 Å². The molecule has 1 saturated heterocycles. The number of nitrogens with zero attached hydrogens (tertiary/aromatic N) is 2. The second kappa shape index (κ2) is 5.33. The van der Waals surface area contributed by atoms with Gasteiger partial charge in [-0.2, -0.15) is 0 Å². The Morgan fingerprint density at radius 3 is 2.61 bits per heavy atom. The molecular weight excluding hydrogens is 231 g/mol. The fraction of sp³-hybridized carbons (Fsp3) is 0.643. The van der Waals surface area contributed by atoms with E-state index in [2.05, 4.69) is 9.88 Å². The zero-order chi connectivity index (χ0) is 13.2. The van der Waals surface area contributed by atoms with Crippen molar-refractivity contribution in [2.24, 2.45) is 0 Å². The molecule has 0 radical (unpaired) electrons. The number of aromatic nitrogens is 1. The highest BCUT2D eigenvalue weighted by molar-refractivity contribution is 5.19. The number of likely N-dealkylation sites (tertiary alicyclic amines) is 1. The summed E-state index contributed by atoms with van der Waals surface area (Å²) in [5.74, 6) is -0.435. The van der Waals surface area contributed by atoms with Gasteiger partial charge >= 0.3 is 0 Å². The lowest BCUT2D eigenvalue weighted by Gasteiger charge is -2.44. The third-order valence-electron chi connectivity index (χ3n) is 3.94. The third-order valence-corrected chi connectivity index (χ3v) is 3.94. The van der Waals surface area contributed by atoms with Crippen molar-refractivity contribution in [3.63, 3.8) is 0 Å². The summed E-state index contributed by atoms with van der Waals surface area (Å²) in [6.45, 7) is 5.89. The van der Waals surface area contributed by atoms with Crippen molar-refractivity contribution in [3.05, 3.63) is 29.8 Å². The van der Waals surface area contributed by atoms with Gasteiger partial charge in [0.25, 0.3) is 0 Å². The summed E-state index contributed by atoms with van der Waals surface area (Å²) in [4.78, 5) is 5.97. The molecule has 4 heteroatoms. The van der Waals surface area contributed by atoms with Crippen LogP contribution in [-0.2, 0) is 0 Å². The SMILES string of the molecule is CC(C)(C(O)c1ccncc1F)N1CCCCC1. The molecule has 0 aromatic carbocycles. The molecule has 0 bridgehead atoms. The minimum atomic E-state index is -0.835. The Labute approximate surface area is 108 Å². The molecule has 2 heterocycles. The van der Waals surface area contributed by atoms with Gasteiger partial charge in [-0.15, -0.1) is 0 Å². The molecule has 0 amide bonds. The van der Waals surface area contributed by atoms with Crippen LogP contribution in [0.25, 0.3) is 0 Å². The van der Waals surface area contributed by atoms with Gasteiger partial charge < -0.3 is 5.11 Å². The second-order valence-corrected chi connectivity index (χ2v) is 5.50.